The fourth-order valence-corrected chi connectivity index (χ4v) is 3.50. The van der Waals surface area contributed by atoms with Crippen LogP contribution in [0.4, 0.5) is 5.69 Å². The second-order valence-electron chi connectivity index (χ2n) is 7.06. The number of nitrogens with zero attached hydrogens (tertiary/aromatic N) is 1. The molecule has 0 saturated heterocycles. The molecular weight excluding hydrogens is 516 g/mol. The Morgan fingerprint density at radius 2 is 1.70 bits per heavy atom. The first-order valence-corrected chi connectivity index (χ1v) is 10.7. The van der Waals surface area contributed by atoms with E-state index in [2.05, 4.69) is 47.9 Å². The standard InChI is InChI=1S/C21H20Br2N4O3/c1-11(2)24-20(29)21(30)26-27-17-7-4-14(22)9-13(17)10-18(27)19(28)25-15-5-6-16(23)12(3)8-15/h4-11H,1-3H3,(H,24,29)(H,25,28)(H,26,30). The third kappa shape index (κ3) is 4.91. The highest BCUT2D eigenvalue weighted by Gasteiger charge is 2.21. The predicted molar refractivity (Wildman–Crippen MR) is 124 cm³/mol. The number of halogens is 2. The van der Waals surface area contributed by atoms with E-state index < -0.39 is 17.7 Å². The van der Waals surface area contributed by atoms with E-state index in [4.69, 9.17) is 0 Å². The Labute approximate surface area is 190 Å². The number of carbonyl (C=O) groups excluding carboxylic acids is 3. The van der Waals surface area contributed by atoms with Gasteiger partial charge in [-0.15, -0.1) is 0 Å². The predicted octanol–water partition coefficient (Wildman–Crippen LogP) is 4.32. The van der Waals surface area contributed by atoms with Crippen LogP contribution in [0.25, 0.3) is 10.9 Å². The molecule has 156 valence electrons. The van der Waals surface area contributed by atoms with Gasteiger partial charge in [-0.2, -0.15) is 0 Å². The number of fused-ring (bicyclic) bond motifs is 1. The molecule has 0 aliphatic rings. The molecule has 0 atom stereocenters. The van der Waals surface area contributed by atoms with Crippen molar-refractivity contribution < 1.29 is 14.4 Å². The number of nitrogens with one attached hydrogen (secondary N) is 3. The number of aryl methyl sites for hydroxylation is 1. The Morgan fingerprint density at radius 3 is 2.37 bits per heavy atom. The number of hydrogen-bond acceptors (Lipinski definition) is 3. The molecule has 2 aromatic carbocycles. The van der Waals surface area contributed by atoms with Crippen LogP contribution in [0.15, 0.2) is 51.4 Å². The topological polar surface area (TPSA) is 92.2 Å². The van der Waals surface area contributed by atoms with Gasteiger partial charge in [0.15, 0.2) is 0 Å². The summed E-state index contributed by atoms with van der Waals surface area (Å²) in [7, 11) is 0. The smallest absolute Gasteiger partial charge is 0.328 e. The van der Waals surface area contributed by atoms with E-state index >= 15 is 0 Å². The van der Waals surface area contributed by atoms with Crippen LogP contribution in [-0.2, 0) is 9.59 Å². The van der Waals surface area contributed by atoms with Crippen molar-refractivity contribution in [1.29, 1.82) is 0 Å². The summed E-state index contributed by atoms with van der Waals surface area (Å²) in [5.41, 5.74) is 4.88. The third-order valence-electron chi connectivity index (χ3n) is 4.25. The minimum atomic E-state index is -0.863. The zero-order valence-electron chi connectivity index (χ0n) is 16.5. The molecule has 0 aliphatic carbocycles. The summed E-state index contributed by atoms with van der Waals surface area (Å²) in [4.78, 5) is 37.5. The summed E-state index contributed by atoms with van der Waals surface area (Å²) in [6.07, 6.45) is 0. The Morgan fingerprint density at radius 1 is 0.967 bits per heavy atom. The average Bonchev–Trinajstić information content (AvgIpc) is 3.01. The van der Waals surface area contributed by atoms with Crippen LogP contribution < -0.4 is 16.1 Å². The van der Waals surface area contributed by atoms with Crippen LogP contribution >= 0.6 is 31.9 Å². The molecule has 30 heavy (non-hydrogen) atoms. The lowest BCUT2D eigenvalue weighted by Gasteiger charge is -2.14. The summed E-state index contributed by atoms with van der Waals surface area (Å²) < 4.78 is 3.08. The molecule has 0 spiro atoms. The summed E-state index contributed by atoms with van der Waals surface area (Å²) in [5.74, 6) is -2.06. The van der Waals surface area contributed by atoms with Gasteiger partial charge in [-0.3, -0.25) is 19.8 Å². The van der Waals surface area contributed by atoms with E-state index in [1.807, 2.05) is 25.1 Å². The highest BCUT2D eigenvalue weighted by atomic mass is 79.9. The Kier molecular flexibility index (Phi) is 6.62. The molecular formula is C21H20Br2N4O3. The van der Waals surface area contributed by atoms with Crippen LogP contribution in [0.2, 0.25) is 0 Å². The van der Waals surface area contributed by atoms with Crippen molar-refractivity contribution >= 4 is 66.2 Å². The van der Waals surface area contributed by atoms with Gasteiger partial charge >= 0.3 is 11.8 Å². The van der Waals surface area contributed by atoms with E-state index in [1.165, 1.54) is 4.68 Å². The molecule has 3 rings (SSSR count). The molecule has 3 amide bonds. The van der Waals surface area contributed by atoms with E-state index in [0.29, 0.717) is 11.2 Å². The van der Waals surface area contributed by atoms with E-state index in [9.17, 15) is 14.4 Å². The lowest BCUT2D eigenvalue weighted by atomic mass is 10.2. The van der Waals surface area contributed by atoms with Crippen LogP contribution in [-0.4, -0.2) is 28.4 Å². The zero-order valence-corrected chi connectivity index (χ0v) is 19.7. The van der Waals surface area contributed by atoms with Gasteiger partial charge in [0.2, 0.25) is 0 Å². The monoisotopic (exact) mass is 534 g/mol. The molecule has 9 heteroatoms. The first-order chi connectivity index (χ1) is 14.2. The molecule has 0 fully saturated rings. The second-order valence-corrected chi connectivity index (χ2v) is 8.83. The third-order valence-corrected chi connectivity index (χ3v) is 5.63. The molecule has 0 bridgehead atoms. The fraction of sp³-hybridized carbons (Fsp3) is 0.190. The summed E-state index contributed by atoms with van der Waals surface area (Å²) in [6, 6.07) is 12.3. The largest absolute Gasteiger partial charge is 0.346 e. The van der Waals surface area contributed by atoms with Crippen molar-refractivity contribution in [3.05, 3.63) is 62.7 Å². The number of rotatable bonds is 4. The van der Waals surface area contributed by atoms with Crippen LogP contribution in [0.1, 0.15) is 29.9 Å². The van der Waals surface area contributed by atoms with Gasteiger partial charge < -0.3 is 10.6 Å². The number of benzene rings is 2. The molecule has 0 aliphatic heterocycles. The highest BCUT2D eigenvalue weighted by Crippen LogP contribution is 2.25. The number of hydrogen-bond donors (Lipinski definition) is 3. The normalized spacial score (nSPS) is 10.9. The number of anilines is 1. The van der Waals surface area contributed by atoms with Crippen molar-refractivity contribution in [2.24, 2.45) is 0 Å². The number of carbonyl (C=O) groups is 3. The lowest BCUT2D eigenvalue weighted by Crippen LogP contribution is -2.42. The maximum Gasteiger partial charge on any atom is 0.328 e. The Balaban J connectivity index is 1.97. The molecule has 1 aromatic heterocycles. The van der Waals surface area contributed by atoms with E-state index in [-0.39, 0.29) is 11.7 Å². The second kappa shape index (κ2) is 9.01. The van der Waals surface area contributed by atoms with Crippen molar-refractivity contribution in [2.75, 3.05) is 10.7 Å². The maximum atomic E-state index is 13.0. The van der Waals surface area contributed by atoms with Crippen LogP contribution in [0.5, 0.6) is 0 Å². The minimum Gasteiger partial charge on any atom is -0.346 e. The quantitative estimate of drug-likeness (QED) is 0.434. The van der Waals surface area contributed by atoms with E-state index in [0.717, 1.165) is 19.9 Å². The molecule has 1 heterocycles. The first-order valence-electron chi connectivity index (χ1n) is 9.16. The van der Waals surface area contributed by atoms with E-state index in [1.54, 1.807) is 38.1 Å². The number of amides is 3. The summed E-state index contributed by atoms with van der Waals surface area (Å²) in [5, 5.41) is 6.10. The molecule has 0 unspecified atom stereocenters. The van der Waals surface area contributed by atoms with Crippen molar-refractivity contribution in [2.45, 2.75) is 26.8 Å². The summed E-state index contributed by atoms with van der Waals surface area (Å²) >= 11 is 6.84. The van der Waals surface area contributed by atoms with Crippen molar-refractivity contribution in [3.8, 4) is 0 Å². The lowest BCUT2D eigenvalue weighted by molar-refractivity contribution is -0.137. The van der Waals surface area contributed by atoms with Crippen LogP contribution in [0, 0.1) is 6.92 Å². The van der Waals surface area contributed by atoms with Gasteiger partial charge in [-0.05, 0) is 68.8 Å². The molecule has 3 N–H and O–H groups in total. The highest BCUT2D eigenvalue weighted by molar-refractivity contribution is 9.10. The van der Waals surface area contributed by atoms with Gasteiger partial charge in [0.1, 0.15) is 5.69 Å². The maximum absolute atomic E-state index is 13.0. The Bertz CT molecular complexity index is 1150. The van der Waals surface area contributed by atoms with Gasteiger partial charge in [-0.1, -0.05) is 31.9 Å². The average molecular weight is 536 g/mol. The van der Waals surface area contributed by atoms with Crippen molar-refractivity contribution in [1.82, 2.24) is 9.99 Å². The van der Waals surface area contributed by atoms with Gasteiger partial charge in [0, 0.05) is 26.1 Å². The molecule has 0 radical (unpaired) electrons. The molecule has 0 saturated carbocycles. The van der Waals surface area contributed by atoms with Gasteiger partial charge in [-0.25, -0.2) is 4.68 Å². The SMILES string of the molecule is Cc1cc(NC(=O)c2cc3cc(Br)ccc3n2NC(=O)C(=O)NC(C)C)ccc1Br. The summed E-state index contributed by atoms with van der Waals surface area (Å²) in [6.45, 7) is 5.43. The molecule has 7 nitrogen and oxygen atoms in total. The zero-order chi connectivity index (χ0) is 22.0. The number of aromatic nitrogens is 1. The van der Waals surface area contributed by atoms with Gasteiger partial charge in [0.25, 0.3) is 5.91 Å². The van der Waals surface area contributed by atoms with Crippen molar-refractivity contribution in [3.63, 3.8) is 0 Å². The van der Waals surface area contributed by atoms with Crippen LogP contribution in [0.3, 0.4) is 0 Å². The fourth-order valence-electron chi connectivity index (χ4n) is 2.87. The minimum absolute atomic E-state index is 0.189. The Hall–Kier alpha value is -2.65. The molecule has 3 aromatic rings. The first kappa shape index (κ1) is 22.0. The van der Waals surface area contributed by atoms with Gasteiger partial charge in [0.05, 0.1) is 5.52 Å².